The lowest BCUT2D eigenvalue weighted by Gasteiger charge is -2.16. The van der Waals surface area contributed by atoms with E-state index in [-0.39, 0.29) is 6.10 Å². The van der Waals surface area contributed by atoms with Crippen molar-refractivity contribution in [3.63, 3.8) is 0 Å². The molecular weight excluding hydrogens is 240 g/mol. The molecule has 17 heavy (non-hydrogen) atoms. The molecule has 0 aromatic heterocycles. The van der Waals surface area contributed by atoms with Crippen molar-refractivity contribution in [2.45, 2.75) is 25.3 Å². The predicted octanol–water partition coefficient (Wildman–Crippen LogP) is 2.99. The van der Waals surface area contributed by atoms with Crippen molar-refractivity contribution in [1.29, 1.82) is 0 Å². The lowest BCUT2D eigenvalue weighted by molar-refractivity contribution is 0.138. The maximum Gasteiger partial charge on any atom is 0.161 e. The van der Waals surface area contributed by atoms with Crippen LogP contribution >= 0.6 is 11.6 Å². The molecule has 1 aromatic carbocycles. The van der Waals surface area contributed by atoms with E-state index in [0.717, 1.165) is 30.1 Å². The fourth-order valence-electron chi connectivity index (χ4n) is 1.79. The van der Waals surface area contributed by atoms with Crippen LogP contribution in [0.15, 0.2) is 18.2 Å². The first-order chi connectivity index (χ1) is 8.33. The van der Waals surface area contributed by atoms with Gasteiger partial charge in [0, 0.05) is 12.3 Å². The summed E-state index contributed by atoms with van der Waals surface area (Å²) in [6.45, 7) is 4.00. The standard InChI is InChI=1S/C13H17ClO3/c1-2-16-13-7-10(8-14)3-4-12(13)17-11-5-6-15-9-11/h3-4,7,11H,2,5-6,8-9H2,1H3. The van der Waals surface area contributed by atoms with Gasteiger partial charge in [-0.25, -0.2) is 0 Å². The largest absolute Gasteiger partial charge is 0.490 e. The minimum absolute atomic E-state index is 0.135. The smallest absolute Gasteiger partial charge is 0.161 e. The van der Waals surface area contributed by atoms with Crippen molar-refractivity contribution in [2.24, 2.45) is 0 Å². The molecule has 3 nitrogen and oxygen atoms in total. The van der Waals surface area contributed by atoms with E-state index in [9.17, 15) is 0 Å². The molecule has 1 unspecified atom stereocenters. The number of alkyl halides is 1. The van der Waals surface area contributed by atoms with Crippen molar-refractivity contribution < 1.29 is 14.2 Å². The minimum Gasteiger partial charge on any atom is -0.490 e. The molecule has 2 rings (SSSR count). The molecule has 0 N–H and O–H groups in total. The van der Waals surface area contributed by atoms with Crippen LogP contribution in [-0.4, -0.2) is 25.9 Å². The maximum atomic E-state index is 5.87. The molecule has 1 saturated heterocycles. The molecule has 1 fully saturated rings. The molecule has 1 atom stereocenters. The summed E-state index contributed by atoms with van der Waals surface area (Å²) in [7, 11) is 0. The number of rotatable bonds is 5. The predicted molar refractivity (Wildman–Crippen MR) is 67.0 cm³/mol. The Balaban J connectivity index is 2.12. The van der Waals surface area contributed by atoms with Gasteiger partial charge in [-0.05, 0) is 24.6 Å². The van der Waals surface area contributed by atoms with Crippen LogP contribution in [0.2, 0.25) is 0 Å². The second-order valence-electron chi connectivity index (χ2n) is 3.95. The number of ether oxygens (including phenoxy) is 3. The van der Waals surface area contributed by atoms with E-state index < -0.39 is 0 Å². The SMILES string of the molecule is CCOc1cc(CCl)ccc1OC1CCOC1. The van der Waals surface area contributed by atoms with Crippen LogP contribution in [0.1, 0.15) is 18.9 Å². The van der Waals surface area contributed by atoms with Gasteiger partial charge in [-0.1, -0.05) is 6.07 Å². The van der Waals surface area contributed by atoms with Gasteiger partial charge in [0.25, 0.3) is 0 Å². The van der Waals surface area contributed by atoms with Crippen LogP contribution < -0.4 is 9.47 Å². The first-order valence-electron chi connectivity index (χ1n) is 5.89. The van der Waals surface area contributed by atoms with Gasteiger partial charge in [-0.2, -0.15) is 0 Å². The third-order valence-corrected chi connectivity index (χ3v) is 2.95. The highest BCUT2D eigenvalue weighted by Gasteiger charge is 2.19. The first-order valence-corrected chi connectivity index (χ1v) is 6.43. The molecule has 0 spiro atoms. The molecule has 1 heterocycles. The summed E-state index contributed by atoms with van der Waals surface area (Å²) in [6.07, 6.45) is 1.07. The Morgan fingerprint density at radius 3 is 2.94 bits per heavy atom. The topological polar surface area (TPSA) is 27.7 Å². The lowest BCUT2D eigenvalue weighted by atomic mass is 10.2. The van der Waals surface area contributed by atoms with Crippen LogP contribution in [0.5, 0.6) is 11.5 Å². The second kappa shape index (κ2) is 6.12. The van der Waals surface area contributed by atoms with Crippen molar-refractivity contribution >= 4 is 11.6 Å². The van der Waals surface area contributed by atoms with Crippen LogP contribution in [0, 0.1) is 0 Å². The first kappa shape index (κ1) is 12.5. The molecule has 0 bridgehead atoms. The summed E-state index contributed by atoms with van der Waals surface area (Å²) in [5, 5.41) is 0. The highest BCUT2D eigenvalue weighted by Crippen LogP contribution is 2.31. The Kier molecular flexibility index (Phi) is 4.51. The molecule has 1 aliphatic heterocycles. The molecule has 0 radical (unpaired) electrons. The van der Waals surface area contributed by atoms with E-state index in [1.165, 1.54) is 0 Å². The number of halogens is 1. The fraction of sp³-hybridized carbons (Fsp3) is 0.538. The van der Waals surface area contributed by atoms with Gasteiger partial charge < -0.3 is 14.2 Å². The van der Waals surface area contributed by atoms with Gasteiger partial charge in [0.15, 0.2) is 11.5 Å². The summed E-state index contributed by atoms with van der Waals surface area (Å²) < 4.78 is 16.7. The summed E-state index contributed by atoms with van der Waals surface area (Å²) in [5.74, 6) is 2.01. The maximum absolute atomic E-state index is 5.87. The van der Waals surface area contributed by atoms with E-state index in [1.54, 1.807) is 0 Å². The Labute approximate surface area is 107 Å². The molecule has 0 saturated carbocycles. The van der Waals surface area contributed by atoms with Gasteiger partial charge in [0.1, 0.15) is 6.10 Å². The van der Waals surface area contributed by atoms with Crippen LogP contribution in [0.3, 0.4) is 0 Å². The van der Waals surface area contributed by atoms with E-state index in [0.29, 0.717) is 19.1 Å². The zero-order chi connectivity index (χ0) is 12.1. The van der Waals surface area contributed by atoms with Gasteiger partial charge in [0.05, 0.1) is 19.8 Å². The third-order valence-electron chi connectivity index (χ3n) is 2.64. The average Bonchev–Trinajstić information content (AvgIpc) is 2.84. The summed E-state index contributed by atoms with van der Waals surface area (Å²) >= 11 is 5.81. The molecular formula is C13H17ClO3. The number of hydrogen-bond acceptors (Lipinski definition) is 3. The lowest BCUT2D eigenvalue weighted by Crippen LogP contribution is -2.16. The summed E-state index contributed by atoms with van der Waals surface area (Å²) in [4.78, 5) is 0. The fourth-order valence-corrected chi connectivity index (χ4v) is 1.95. The number of hydrogen-bond donors (Lipinski definition) is 0. The highest BCUT2D eigenvalue weighted by atomic mass is 35.5. The Morgan fingerprint density at radius 1 is 1.41 bits per heavy atom. The minimum atomic E-state index is 0.135. The van der Waals surface area contributed by atoms with Gasteiger partial charge >= 0.3 is 0 Å². The zero-order valence-corrected chi connectivity index (χ0v) is 10.7. The monoisotopic (exact) mass is 256 g/mol. The quantitative estimate of drug-likeness (QED) is 0.758. The van der Waals surface area contributed by atoms with Crippen LogP contribution in [0.25, 0.3) is 0 Å². The normalized spacial score (nSPS) is 19.3. The second-order valence-corrected chi connectivity index (χ2v) is 4.22. The molecule has 0 aliphatic carbocycles. The average molecular weight is 257 g/mol. The van der Waals surface area contributed by atoms with E-state index >= 15 is 0 Å². The van der Waals surface area contributed by atoms with Crippen molar-refractivity contribution in [1.82, 2.24) is 0 Å². The van der Waals surface area contributed by atoms with Crippen LogP contribution in [-0.2, 0) is 10.6 Å². The molecule has 4 heteroatoms. The van der Waals surface area contributed by atoms with E-state index in [2.05, 4.69) is 0 Å². The number of benzene rings is 1. The van der Waals surface area contributed by atoms with Crippen molar-refractivity contribution in [2.75, 3.05) is 19.8 Å². The molecule has 94 valence electrons. The van der Waals surface area contributed by atoms with E-state index in [1.807, 2.05) is 25.1 Å². The van der Waals surface area contributed by atoms with Gasteiger partial charge in [0.2, 0.25) is 0 Å². The molecule has 1 aromatic rings. The Bertz CT molecular complexity index is 362. The summed E-state index contributed by atoms with van der Waals surface area (Å²) in [5.41, 5.74) is 1.03. The van der Waals surface area contributed by atoms with Gasteiger partial charge in [-0.3, -0.25) is 0 Å². The molecule has 1 aliphatic rings. The molecule has 0 amide bonds. The van der Waals surface area contributed by atoms with E-state index in [4.69, 9.17) is 25.8 Å². The van der Waals surface area contributed by atoms with Crippen LogP contribution in [0.4, 0.5) is 0 Å². The zero-order valence-electron chi connectivity index (χ0n) is 9.95. The Morgan fingerprint density at radius 2 is 2.29 bits per heavy atom. The Hall–Kier alpha value is -0.930. The van der Waals surface area contributed by atoms with Crippen molar-refractivity contribution in [3.8, 4) is 11.5 Å². The van der Waals surface area contributed by atoms with Crippen molar-refractivity contribution in [3.05, 3.63) is 23.8 Å². The summed E-state index contributed by atoms with van der Waals surface area (Å²) in [6, 6.07) is 5.81. The van der Waals surface area contributed by atoms with Gasteiger partial charge in [-0.15, -0.1) is 11.6 Å². The highest BCUT2D eigenvalue weighted by molar-refractivity contribution is 6.17. The third kappa shape index (κ3) is 3.27.